The van der Waals surface area contributed by atoms with E-state index in [2.05, 4.69) is 59.9 Å². The van der Waals surface area contributed by atoms with E-state index >= 15 is 0 Å². The maximum Gasteiger partial charge on any atom is 0.407 e. The van der Waals surface area contributed by atoms with Crippen LogP contribution in [0, 0.1) is 52.3 Å². The third kappa shape index (κ3) is 7.95. The Bertz CT molecular complexity index is 900. The van der Waals surface area contributed by atoms with Crippen molar-refractivity contribution in [2.24, 2.45) is 52.3 Å². The van der Waals surface area contributed by atoms with Gasteiger partial charge in [-0.25, -0.2) is 4.79 Å². The zero-order valence-corrected chi connectivity index (χ0v) is 28.3. The van der Waals surface area contributed by atoms with E-state index in [-0.39, 0.29) is 17.6 Å². The largest absolute Gasteiger partial charge is 0.446 e. The second-order valence-electron chi connectivity index (χ2n) is 16.2. The van der Waals surface area contributed by atoms with Crippen molar-refractivity contribution >= 4 is 6.09 Å². The lowest BCUT2D eigenvalue weighted by molar-refractivity contribution is -0.0581. The molecule has 9 atom stereocenters. The van der Waals surface area contributed by atoms with E-state index in [1.165, 1.54) is 51.4 Å². The molecule has 0 radical (unpaired) electrons. The van der Waals surface area contributed by atoms with Gasteiger partial charge in [0.1, 0.15) is 6.10 Å². The highest BCUT2D eigenvalue weighted by atomic mass is 16.6. The minimum atomic E-state index is -0.411. The van der Waals surface area contributed by atoms with Crippen LogP contribution < -0.4 is 5.32 Å². The lowest BCUT2D eigenvalue weighted by atomic mass is 9.47. The predicted molar refractivity (Wildman–Crippen MR) is 172 cm³/mol. The SMILES string of the molecule is CC(C)CCC[C@@H](C)C1CCC2C3CC=C4C[C@@H](OC(=O)NCCCOCC(O)CC(C)C)CC[C@]4(C)C3CC[C@@]21C. The van der Waals surface area contributed by atoms with Crippen molar-refractivity contribution in [1.82, 2.24) is 5.32 Å². The Balaban J connectivity index is 1.24. The van der Waals surface area contributed by atoms with Crippen LogP contribution in [0.2, 0.25) is 0 Å². The smallest absolute Gasteiger partial charge is 0.407 e. The Kier molecular flexibility index (Phi) is 11.9. The Morgan fingerprint density at radius 3 is 2.52 bits per heavy atom. The van der Waals surface area contributed by atoms with Gasteiger partial charge in [0, 0.05) is 19.6 Å². The molecular formula is C37H65NO4. The van der Waals surface area contributed by atoms with Gasteiger partial charge in [0.15, 0.2) is 0 Å². The lowest BCUT2D eigenvalue weighted by Crippen LogP contribution is -2.51. The molecule has 0 aromatic carbocycles. The summed E-state index contributed by atoms with van der Waals surface area (Å²) in [6, 6.07) is 0. The summed E-state index contributed by atoms with van der Waals surface area (Å²) in [6.45, 7) is 18.1. The summed E-state index contributed by atoms with van der Waals surface area (Å²) in [5, 5.41) is 12.8. The highest BCUT2D eigenvalue weighted by Gasteiger charge is 2.59. The zero-order valence-electron chi connectivity index (χ0n) is 28.3. The van der Waals surface area contributed by atoms with Crippen molar-refractivity contribution in [2.45, 2.75) is 144 Å². The summed E-state index contributed by atoms with van der Waals surface area (Å²) in [5.41, 5.74) is 2.37. The van der Waals surface area contributed by atoms with Crippen molar-refractivity contribution in [3.05, 3.63) is 11.6 Å². The fraction of sp³-hybridized carbons (Fsp3) is 0.919. The first-order valence-corrected chi connectivity index (χ1v) is 17.8. The first kappa shape index (κ1) is 33.8. The number of rotatable bonds is 14. The molecule has 4 rings (SSSR count). The third-order valence-corrected chi connectivity index (χ3v) is 12.3. The molecule has 3 saturated carbocycles. The van der Waals surface area contributed by atoms with Crippen LogP contribution in [0.1, 0.15) is 132 Å². The molecule has 0 aromatic heterocycles. The van der Waals surface area contributed by atoms with Gasteiger partial charge in [0.25, 0.3) is 0 Å². The molecule has 3 fully saturated rings. The van der Waals surface area contributed by atoms with Gasteiger partial charge < -0.3 is 19.9 Å². The minimum absolute atomic E-state index is 0.0142. The summed E-state index contributed by atoms with van der Waals surface area (Å²) in [6.07, 6.45) is 17.4. The van der Waals surface area contributed by atoms with Crippen LogP contribution in [-0.2, 0) is 9.47 Å². The van der Waals surface area contributed by atoms with E-state index in [1.807, 2.05) is 0 Å². The van der Waals surface area contributed by atoms with E-state index in [4.69, 9.17) is 9.47 Å². The standard InChI is InChI=1S/C37H65NO4/c1-25(2)10-8-11-27(5)32-14-15-33-31-13-12-28-23-30(16-18-36(28,6)34(31)17-19-37(32,33)7)42-35(40)38-20-9-21-41-24-29(39)22-26(3)4/h12,25-27,29-34,39H,8-11,13-24H2,1-7H3,(H,38,40)/t27-,29?,30+,31?,32?,33?,34?,36+,37-/m1/s1. The lowest BCUT2D eigenvalue weighted by Gasteiger charge is -2.58. The number of nitrogens with one attached hydrogen (secondary N) is 1. The van der Waals surface area contributed by atoms with Gasteiger partial charge in [-0.3, -0.25) is 0 Å². The molecule has 0 saturated heterocycles. The number of carbonyl (C=O) groups excluding carboxylic acids is 1. The van der Waals surface area contributed by atoms with Crippen molar-refractivity contribution < 1.29 is 19.4 Å². The monoisotopic (exact) mass is 587 g/mol. The maximum atomic E-state index is 12.6. The number of hydrogen-bond donors (Lipinski definition) is 2. The Morgan fingerprint density at radius 2 is 1.79 bits per heavy atom. The van der Waals surface area contributed by atoms with Crippen molar-refractivity contribution in [3.8, 4) is 0 Å². The normalized spacial score (nSPS) is 35.7. The van der Waals surface area contributed by atoms with Gasteiger partial charge >= 0.3 is 6.09 Å². The quantitative estimate of drug-likeness (QED) is 0.157. The zero-order chi connectivity index (χ0) is 30.5. The minimum Gasteiger partial charge on any atom is -0.446 e. The molecule has 5 unspecified atom stereocenters. The Hall–Kier alpha value is -1.07. The van der Waals surface area contributed by atoms with Gasteiger partial charge in [0.2, 0.25) is 0 Å². The Morgan fingerprint density at radius 1 is 1.00 bits per heavy atom. The van der Waals surface area contributed by atoms with E-state index in [0.29, 0.717) is 31.1 Å². The Labute approximate surface area is 258 Å². The number of fused-ring (bicyclic) bond motifs is 5. The molecule has 5 heteroatoms. The number of hydrogen-bond acceptors (Lipinski definition) is 4. The van der Waals surface area contributed by atoms with Crippen LogP contribution in [0.25, 0.3) is 0 Å². The fourth-order valence-electron chi connectivity index (χ4n) is 10.1. The number of amides is 1. The highest BCUT2D eigenvalue weighted by Crippen LogP contribution is 2.67. The molecule has 1 amide bonds. The molecular weight excluding hydrogens is 522 g/mol. The molecule has 242 valence electrons. The van der Waals surface area contributed by atoms with Crippen LogP contribution in [-0.4, -0.2) is 43.2 Å². The average Bonchev–Trinajstić information content (AvgIpc) is 3.27. The average molecular weight is 588 g/mol. The van der Waals surface area contributed by atoms with Crippen molar-refractivity contribution in [3.63, 3.8) is 0 Å². The molecule has 42 heavy (non-hydrogen) atoms. The molecule has 0 spiro atoms. The van der Waals surface area contributed by atoms with Gasteiger partial charge in [0.05, 0.1) is 12.7 Å². The number of alkyl carbamates (subject to hydrolysis) is 1. The topological polar surface area (TPSA) is 67.8 Å². The summed E-state index contributed by atoms with van der Waals surface area (Å²) >= 11 is 0. The number of aliphatic hydroxyl groups excluding tert-OH is 1. The first-order chi connectivity index (χ1) is 19.9. The molecule has 0 heterocycles. The molecule has 4 aliphatic rings. The van der Waals surface area contributed by atoms with Crippen LogP contribution >= 0.6 is 0 Å². The summed E-state index contributed by atoms with van der Waals surface area (Å²) in [4.78, 5) is 12.6. The van der Waals surface area contributed by atoms with Crippen LogP contribution in [0.3, 0.4) is 0 Å². The van der Waals surface area contributed by atoms with Crippen LogP contribution in [0.15, 0.2) is 11.6 Å². The molecule has 2 N–H and O–H groups in total. The van der Waals surface area contributed by atoms with Gasteiger partial charge in [-0.05, 0) is 110 Å². The molecule has 0 aliphatic heterocycles. The van der Waals surface area contributed by atoms with Gasteiger partial charge in [-0.2, -0.15) is 0 Å². The second-order valence-corrected chi connectivity index (χ2v) is 16.2. The number of allylic oxidation sites excluding steroid dienone is 1. The predicted octanol–water partition coefficient (Wildman–Crippen LogP) is 8.94. The molecule has 0 bridgehead atoms. The molecule has 0 aromatic rings. The van der Waals surface area contributed by atoms with Crippen molar-refractivity contribution in [1.29, 1.82) is 0 Å². The van der Waals surface area contributed by atoms with E-state index in [1.54, 1.807) is 5.57 Å². The van der Waals surface area contributed by atoms with E-state index in [9.17, 15) is 9.90 Å². The summed E-state index contributed by atoms with van der Waals surface area (Å²) in [7, 11) is 0. The fourth-order valence-corrected chi connectivity index (χ4v) is 10.1. The highest BCUT2D eigenvalue weighted by molar-refractivity contribution is 5.67. The molecule has 4 aliphatic carbocycles. The summed E-state index contributed by atoms with van der Waals surface area (Å²) < 4.78 is 11.5. The van der Waals surface area contributed by atoms with Crippen LogP contribution in [0.4, 0.5) is 4.79 Å². The first-order valence-electron chi connectivity index (χ1n) is 17.8. The van der Waals surface area contributed by atoms with E-state index in [0.717, 1.165) is 67.6 Å². The number of aliphatic hydroxyl groups is 1. The van der Waals surface area contributed by atoms with Crippen molar-refractivity contribution in [2.75, 3.05) is 19.8 Å². The maximum absolute atomic E-state index is 12.6. The van der Waals surface area contributed by atoms with E-state index < -0.39 is 6.10 Å². The van der Waals surface area contributed by atoms with Gasteiger partial charge in [-0.1, -0.05) is 79.4 Å². The summed E-state index contributed by atoms with van der Waals surface area (Å²) in [5.74, 6) is 5.54. The molecule has 5 nitrogen and oxygen atoms in total. The third-order valence-electron chi connectivity index (χ3n) is 12.3. The van der Waals surface area contributed by atoms with Crippen LogP contribution in [0.5, 0.6) is 0 Å². The second kappa shape index (κ2) is 14.8. The number of carbonyl (C=O) groups is 1. The number of ether oxygens (including phenoxy) is 2. The van der Waals surface area contributed by atoms with Gasteiger partial charge in [-0.15, -0.1) is 0 Å².